The zero-order valence-corrected chi connectivity index (χ0v) is 32.3. The molecule has 11 atom stereocenters. The zero-order valence-electron chi connectivity index (χ0n) is 30.5. The van der Waals surface area contributed by atoms with Crippen molar-refractivity contribution < 1.29 is 61.4 Å². The fraction of sp³-hybridized carbons (Fsp3) is 0.567. The maximum Gasteiger partial charge on any atom is 0.472 e. The van der Waals surface area contributed by atoms with E-state index in [-0.39, 0.29) is 47.4 Å². The predicted octanol–water partition coefficient (Wildman–Crippen LogP) is -1.65. The van der Waals surface area contributed by atoms with E-state index in [0.717, 1.165) is 9.13 Å². The topological polar surface area (TPSA) is 359 Å². The van der Waals surface area contributed by atoms with Gasteiger partial charge in [-0.15, -0.1) is 0 Å². The predicted molar refractivity (Wildman–Crippen MR) is 192 cm³/mol. The molecule has 7 heterocycles. The molecule has 3 aliphatic heterocycles. The van der Waals surface area contributed by atoms with Gasteiger partial charge >= 0.3 is 27.0 Å². The van der Waals surface area contributed by atoms with Crippen molar-refractivity contribution in [2.45, 2.75) is 88.4 Å². The number of ether oxygens (including phenoxy) is 3. The number of aliphatic hydroxyl groups is 2. The first kappa shape index (κ1) is 41.9. The number of aryl methyl sites for hydroxylation is 2. The lowest BCUT2D eigenvalue weighted by Gasteiger charge is -2.24. The van der Waals surface area contributed by atoms with Crippen molar-refractivity contribution in [3.05, 3.63) is 77.9 Å². The lowest BCUT2D eigenvalue weighted by atomic mass is 10.2. The van der Waals surface area contributed by atoms with E-state index < -0.39 is 113 Å². The van der Waals surface area contributed by atoms with Crippen LogP contribution < -0.4 is 28.2 Å². The van der Waals surface area contributed by atoms with Crippen LogP contribution in [0.15, 0.2) is 44.2 Å². The van der Waals surface area contributed by atoms with Gasteiger partial charge in [0.1, 0.15) is 61.0 Å². The molecule has 2 unspecified atom stereocenters. The van der Waals surface area contributed by atoms with Gasteiger partial charge in [-0.3, -0.25) is 51.4 Å². The summed E-state index contributed by atoms with van der Waals surface area (Å²) in [5.74, 6) is 0.0556. The highest BCUT2D eigenvalue weighted by Gasteiger charge is 2.46. The minimum absolute atomic E-state index is 0.0556. The number of nitrogen functional groups attached to an aromatic ring is 1. The van der Waals surface area contributed by atoms with Gasteiger partial charge in [0, 0.05) is 42.8 Å². The third kappa shape index (κ3) is 8.84. The number of nitrogens with two attached hydrogens (primary N) is 1. The number of hydrogen-bond acceptors (Lipinski definition) is 19. The quantitative estimate of drug-likeness (QED) is 0.0698. The van der Waals surface area contributed by atoms with Crippen molar-refractivity contribution in [1.29, 1.82) is 0 Å². The molecule has 8 N–H and O–H groups in total. The van der Waals surface area contributed by atoms with Gasteiger partial charge in [-0.05, 0) is 13.8 Å². The molecule has 3 saturated heterocycles. The van der Waals surface area contributed by atoms with Crippen molar-refractivity contribution in [2.24, 2.45) is 0 Å². The molecule has 0 aromatic carbocycles. The molecule has 7 rings (SSSR count). The van der Waals surface area contributed by atoms with E-state index in [1.165, 1.54) is 43.5 Å². The monoisotopic (exact) mass is 859 g/mol. The third-order valence-electron chi connectivity index (χ3n) is 9.70. The minimum Gasteiger partial charge on any atom is -0.394 e. The Hall–Kier alpha value is -4.27. The molecule has 0 saturated carbocycles. The molecular weight excluding hydrogens is 820 g/mol. The summed E-state index contributed by atoms with van der Waals surface area (Å²) in [5, 5.41) is 20.5. The van der Waals surface area contributed by atoms with Gasteiger partial charge < -0.3 is 39.9 Å². The van der Waals surface area contributed by atoms with E-state index >= 15 is 0 Å². The van der Waals surface area contributed by atoms with Gasteiger partial charge in [0.05, 0.1) is 32.3 Å². The van der Waals surface area contributed by atoms with Gasteiger partial charge in [-0.2, -0.15) is 0 Å². The Bertz CT molecular complexity index is 2510. The number of nitrogens with one attached hydrogen (secondary N) is 2. The average Bonchev–Trinajstić information content (AvgIpc) is 3.95. The van der Waals surface area contributed by atoms with Crippen LogP contribution in [-0.2, 0) is 41.4 Å². The number of phosphoric acid groups is 2. The second-order valence-electron chi connectivity index (χ2n) is 13.7. The number of imidazole rings is 1. The lowest BCUT2D eigenvalue weighted by Crippen LogP contribution is -2.33. The maximum absolute atomic E-state index is 13.3. The average molecular weight is 860 g/mol. The fourth-order valence-electron chi connectivity index (χ4n) is 6.73. The van der Waals surface area contributed by atoms with Gasteiger partial charge in [0.25, 0.3) is 11.1 Å². The number of anilines is 1. The van der Waals surface area contributed by atoms with Gasteiger partial charge in [0.2, 0.25) is 0 Å². The molecule has 3 fully saturated rings. The Kier molecular flexibility index (Phi) is 11.8. The molecule has 0 amide bonds. The van der Waals surface area contributed by atoms with Gasteiger partial charge in [0.15, 0.2) is 11.5 Å². The van der Waals surface area contributed by atoms with E-state index in [2.05, 4.69) is 24.9 Å². The highest BCUT2D eigenvalue weighted by Crippen LogP contribution is 2.52. The van der Waals surface area contributed by atoms with Crippen LogP contribution in [0.2, 0.25) is 0 Å². The molecule has 26 nitrogen and oxygen atoms in total. The molecule has 0 radical (unpaired) electrons. The van der Waals surface area contributed by atoms with Crippen LogP contribution in [-0.4, -0.2) is 115 Å². The van der Waals surface area contributed by atoms with E-state index in [0.29, 0.717) is 0 Å². The number of aliphatic hydroxyl groups excluding tert-OH is 2. The van der Waals surface area contributed by atoms with Crippen LogP contribution in [0.4, 0.5) is 5.82 Å². The van der Waals surface area contributed by atoms with Crippen molar-refractivity contribution in [3.63, 3.8) is 0 Å². The Morgan fingerprint density at radius 1 is 0.776 bits per heavy atom. The first-order valence-corrected chi connectivity index (χ1v) is 20.5. The standard InChI is InChI=1S/C30H39N9O17P2/c1-13-6-37(29(44)35-27(13)42)21-3-15(41)19(53-21)9-50-57(46,47)56-17-5-23(39-12-34-24-25(31)32-11-33-26(24)39)54-20(17)10-51-58(48,49)55-16-4-22(52-18(16)8-40)38-7-14(2)28(43)36-30(38)45/h6-7,11-12,15-23,40-41H,3-5,8-10H2,1-2H3,(H,46,47)(H,48,49)(H2,31,32,33)(H,35,42,44)(H,36,43,45)/t15-,16-,17-,18+,19+,20+,21+,22+,23+/m0/s1. The maximum atomic E-state index is 13.3. The highest BCUT2D eigenvalue weighted by atomic mass is 31.2. The number of nitrogens with zero attached hydrogens (tertiary/aromatic N) is 6. The molecule has 0 aliphatic carbocycles. The van der Waals surface area contributed by atoms with Gasteiger partial charge in [-0.25, -0.2) is 33.7 Å². The molecule has 28 heteroatoms. The molecular formula is C30H39N9O17P2. The summed E-state index contributed by atoms with van der Waals surface area (Å²) in [5.41, 5.74) is 3.92. The first-order chi connectivity index (χ1) is 27.4. The summed E-state index contributed by atoms with van der Waals surface area (Å²) in [6.45, 7) is 0.766. The third-order valence-corrected chi connectivity index (χ3v) is 11.7. The van der Waals surface area contributed by atoms with Gasteiger partial charge in [-0.1, -0.05) is 0 Å². The molecule has 58 heavy (non-hydrogen) atoms. The molecule has 0 spiro atoms. The summed E-state index contributed by atoms with van der Waals surface area (Å²) in [6.07, 6.45) is -6.45. The second-order valence-corrected chi connectivity index (χ2v) is 16.5. The summed E-state index contributed by atoms with van der Waals surface area (Å²) < 4.78 is 68.9. The molecule has 0 bridgehead atoms. The Morgan fingerprint density at radius 2 is 1.28 bits per heavy atom. The minimum atomic E-state index is -5.05. The smallest absolute Gasteiger partial charge is 0.394 e. The Balaban J connectivity index is 1.04. The highest BCUT2D eigenvalue weighted by molar-refractivity contribution is 7.47. The van der Waals surface area contributed by atoms with Crippen molar-refractivity contribution in [2.75, 3.05) is 25.6 Å². The van der Waals surface area contributed by atoms with E-state index in [4.69, 9.17) is 38.0 Å². The second kappa shape index (κ2) is 16.4. The van der Waals surface area contributed by atoms with Crippen LogP contribution in [0, 0.1) is 13.8 Å². The van der Waals surface area contributed by atoms with Crippen molar-refractivity contribution in [1.82, 2.24) is 38.6 Å². The summed E-state index contributed by atoms with van der Waals surface area (Å²) in [7, 11) is -10.1. The van der Waals surface area contributed by atoms with Crippen LogP contribution in [0.3, 0.4) is 0 Å². The van der Waals surface area contributed by atoms with Crippen molar-refractivity contribution in [3.8, 4) is 0 Å². The van der Waals surface area contributed by atoms with Crippen LogP contribution >= 0.6 is 15.6 Å². The van der Waals surface area contributed by atoms with Crippen molar-refractivity contribution >= 4 is 32.6 Å². The fourth-order valence-corrected chi connectivity index (χ4v) is 8.65. The number of phosphoric ester groups is 2. The molecule has 316 valence electrons. The zero-order chi connectivity index (χ0) is 41.7. The number of aromatic nitrogens is 8. The Labute approximate surface area is 324 Å². The summed E-state index contributed by atoms with van der Waals surface area (Å²) in [4.78, 5) is 86.5. The summed E-state index contributed by atoms with van der Waals surface area (Å²) in [6, 6.07) is 0. The molecule has 4 aromatic heterocycles. The summed E-state index contributed by atoms with van der Waals surface area (Å²) >= 11 is 0. The van der Waals surface area contributed by atoms with E-state index in [9.17, 15) is 48.3 Å². The normalized spacial score (nSPS) is 29.5. The number of H-pyrrole nitrogens is 2. The van der Waals surface area contributed by atoms with E-state index in [1.54, 1.807) is 0 Å². The van der Waals surface area contributed by atoms with Crippen LogP contribution in [0.1, 0.15) is 49.1 Å². The number of fused-ring (bicyclic) bond motifs is 1. The Morgan fingerprint density at radius 3 is 1.86 bits per heavy atom. The number of hydrogen-bond donors (Lipinski definition) is 7. The number of rotatable bonds is 14. The van der Waals surface area contributed by atoms with Crippen LogP contribution in [0.25, 0.3) is 11.2 Å². The van der Waals surface area contributed by atoms with Crippen LogP contribution in [0.5, 0.6) is 0 Å². The molecule has 4 aromatic rings. The number of aromatic amines is 2. The largest absolute Gasteiger partial charge is 0.472 e. The lowest BCUT2D eigenvalue weighted by molar-refractivity contribution is -0.0610. The SMILES string of the molecule is Cc1cn([C@H]2C[C@H](OP(=O)(O)OC[C@H]3O[C@@H](n4cnc5c(N)ncnc54)C[C@@H]3OP(=O)(O)OC[C@H]3O[C@@H](n4cc(C)c(=O)[nH]c4=O)C[C@@H]3O)[C@@H](CO)O2)c(=O)[nH]c1=O. The van der Waals surface area contributed by atoms with E-state index in [1.807, 2.05) is 0 Å². The molecule has 3 aliphatic rings. The first-order valence-electron chi connectivity index (χ1n) is 17.6.